The fourth-order valence-electron chi connectivity index (χ4n) is 1.26. The average molecular weight is 248 g/mol. The third-order valence-electron chi connectivity index (χ3n) is 2.54. The molecule has 5 heteroatoms. The maximum atomic E-state index is 13.1. The lowest BCUT2D eigenvalue weighted by atomic mass is 10.3. The minimum Gasteiger partial charge on any atom is -0.494 e. The van der Waals surface area contributed by atoms with Gasteiger partial charge < -0.3 is 15.2 Å². The Bertz CT molecular complexity index is 369. The number of rotatable bonds is 4. The molecular weight excluding hydrogens is 233 g/mol. The third-order valence-corrected chi connectivity index (χ3v) is 2.54. The van der Waals surface area contributed by atoms with Crippen molar-refractivity contribution in [3.05, 3.63) is 24.0 Å². The van der Waals surface area contributed by atoms with Crippen molar-refractivity contribution < 1.29 is 13.9 Å². The topological polar surface area (TPSA) is 44.5 Å². The Kier molecular flexibility index (Phi) is 3.99. The van der Waals surface area contributed by atoms with Crippen LogP contribution in [0.4, 0.5) is 4.39 Å². The van der Waals surface area contributed by atoms with Crippen molar-refractivity contribution in [1.82, 2.24) is 0 Å². The minimum absolute atomic E-state index is 0. The van der Waals surface area contributed by atoms with Gasteiger partial charge in [0.1, 0.15) is 12.4 Å². The summed E-state index contributed by atoms with van der Waals surface area (Å²) >= 11 is 0. The fraction of sp³-hybridized carbons (Fsp3) is 0.455. The van der Waals surface area contributed by atoms with E-state index in [4.69, 9.17) is 15.2 Å². The van der Waals surface area contributed by atoms with Crippen molar-refractivity contribution in [3.63, 3.8) is 0 Å². The highest BCUT2D eigenvalue weighted by Gasteiger charge is 2.39. The van der Waals surface area contributed by atoms with Gasteiger partial charge in [0.05, 0.1) is 12.6 Å². The van der Waals surface area contributed by atoms with Gasteiger partial charge in [-0.2, -0.15) is 0 Å². The molecule has 0 radical (unpaired) electrons. The highest BCUT2D eigenvalue weighted by molar-refractivity contribution is 5.85. The summed E-state index contributed by atoms with van der Waals surface area (Å²) in [7, 11) is 1.42. The Balaban J connectivity index is 0.00000128. The average Bonchev–Trinajstić information content (AvgIpc) is 2.96. The lowest BCUT2D eigenvalue weighted by molar-refractivity contribution is 0.276. The maximum Gasteiger partial charge on any atom is 0.165 e. The molecule has 90 valence electrons. The van der Waals surface area contributed by atoms with E-state index in [-0.39, 0.29) is 23.7 Å². The number of nitrogens with two attached hydrogens (primary N) is 1. The standard InChI is InChI=1S/C11H14FNO2.ClH/c1-14-10-6-8(2-3-9(10)12)15-7-11(13)4-5-11;/h2-3,6H,4-5,7,13H2,1H3;1H. The second kappa shape index (κ2) is 4.89. The van der Waals surface area contributed by atoms with Crippen molar-refractivity contribution in [3.8, 4) is 11.5 Å². The van der Waals surface area contributed by atoms with Crippen LogP contribution in [0.15, 0.2) is 18.2 Å². The fourth-order valence-corrected chi connectivity index (χ4v) is 1.26. The predicted molar refractivity (Wildman–Crippen MR) is 61.8 cm³/mol. The van der Waals surface area contributed by atoms with E-state index in [2.05, 4.69) is 0 Å². The van der Waals surface area contributed by atoms with E-state index in [0.717, 1.165) is 12.8 Å². The molecule has 1 aliphatic carbocycles. The van der Waals surface area contributed by atoms with Crippen LogP contribution in [0.3, 0.4) is 0 Å². The van der Waals surface area contributed by atoms with Crippen LogP contribution in [-0.2, 0) is 0 Å². The van der Waals surface area contributed by atoms with Crippen LogP contribution >= 0.6 is 12.4 Å². The number of hydrogen-bond donors (Lipinski definition) is 1. The highest BCUT2D eigenvalue weighted by Crippen LogP contribution is 2.33. The molecule has 1 fully saturated rings. The van der Waals surface area contributed by atoms with Gasteiger partial charge in [-0.25, -0.2) is 4.39 Å². The van der Waals surface area contributed by atoms with Gasteiger partial charge in [-0.1, -0.05) is 0 Å². The van der Waals surface area contributed by atoms with Gasteiger partial charge in [-0.15, -0.1) is 12.4 Å². The molecule has 0 aliphatic heterocycles. The Labute approximate surface area is 100 Å². The summed E-state index contributed by atoms with van der Waals surface area (Å²) in [6.07, 6.45) is 1.98. The summed E-state index contributed by atoms with van der Waals surface area (Å²) in [5.74, 6) is 0.387. The smallest absolute Gasteiger partial charge is 0.165 e. The van der Waals surface area contributed by atoms with Crippen molar-refractivity contribution in [2.45, 2.75) is 18.4 Å². The van der Waals surface area contributed by atoms with E-state index in [1.165, 1.54) is 19.2 Å². The van der Waals surface area contributed by atoms with Gasteiger partial charge in [0, 0.05) is 6.07 Å². The van der Waals surface area contributed by atoms with Gasteiger partial charge >= 0.3 is 0 Å². The van der Waals surface area contributed by atoms with Crippen LogP contribution in [0.25, 0.3) is 0 Å². The molecule has 0 aromatic heterocycles. The Hall–Kier alpha value is -1.00. The molecule has 1 aliphatic rings. The number of benzene rings is 1. The number of hydrogen-bond acceptors (Lipinski definition) is 3. The molecule has 0 spiro atoms. The van der Waals surface area contributed by atoms with E-state index in [1.54, 1.807) is 6.07 Å². The minimum atomic E-state index is -0.390. The van der Waals surface area contributed by atoms with Crippen LogP contribution in [0.2, 0.25) is 0 Å². The van der Waals surface area contributed by atoms with Crippen LogP contribution in [0.1, 0.15) is 12.8 Å². The second-order valence-electron chi connectivity index (χ2n) is 3.95. The molecule has 0 unspecified atom stereocenters. The van der Waals surface area contributed by atoms with Gasteiger partial charge in [-0.3, -0.25) is 0 Å². The number of methoxy groups -OCH3 is 1. The normalized spacial score (nSPS) is 16.2. The highest BCUT2D eigenvalue weighted by atomic mass is 35.5. The largest absolute Gasteiger partial charge is 0.494 e. The first-order valence-electron chi connectivity index (χ1n) is 4.88. The van der Waals surface area contributed by atoms with Crippen molar-refractivity contribution in [2.75, 3.05) is 13.7 Å². The van der Waals surface area contributed by atoms with Crippen molar-refractivity contribution >= 4 is 12.4 Å². The van der Waals surface area contributed by atoms with Crippen molar-refractivity contribution in [1.29, 1.82) is 0 Å². The third kappa shape index (κ3) is 3.00. The Morgan fingerprint density at radius 2 is 2.12 bits per heavy atom. The molecule has 1 aromatic carbocycles. The molecule has 16 heavy (non-hydrogen) atoms. The molecule has 0 amide bonds. The van der Waals surface area contributed by atoms with Gasteiger partial charge in [0.15, 0.2) is 11.6 Å². The molecule has 1 saturated carbocycles. The summed E-state index contributed by atoms with van der Waals surface area (Å²) in [6, 6.07) is 4.43. The lowest BCUT2D eigenvalue weighted by Gasteiger charge is -2.11. The molecule has 1 aromatic rings. The summed E-state index contributed by atoms with van der Waals surface area (Å²) in [5, 5.41) is 0. The van der Waals surface area contributed by atoms with Crippen LogP contribution < -0.4 is 15.2 Å². The molecule has 3 nitrogen and oxygen atoms in total. The zero-order valence-electron chi connectivity index (χ0n) is 9.03. The van der Waals surface area contributed by atoms with Crippen LogP contribution in [0.5, 0.6) is 11.5 Å². The second-order valence-corrected chi connectivity index (χ2v) is 3.95. The summed E-state index contributed by atoms with van der Waals surface area (Å²) in [6.45, 7) is 0.474. The lowest BCUT2D eigenvalue weighted by Crippen LogP contribution is -2.29. The Morgan fingerprint density at radius 3 is 2.69 bits per heavy atom. The summed E-state index contributed by atoms with van der Waals surface area (Å²) in [5.41, 5.74) is 5.70. The molecule has 0 bridgehead atoms. The molecule has 0 atom stereocenters. The molecule has 2 N–H and O–H groups in total. The van der Waals surface area contributed by atoms with E-state index < -0.39 is 5.82 Å². The van der Waals surface area contributed by atoms with Gasteiger partial charge in [0.25, 0.3) is 0 Å². The first-order chi connectivity index (χ1) is 7.13. The zero-order chi connectivity index (χ0) is 10.9. The van der Waals surface area contributed by atoms with Crippen LogP contribution in [-0.4, -0.2) is 19.3 Å². The first-order valence-corrected chi connectivity index (χ1v) is 4.88. The maximum absolute atomic E-state index is 13.1. The molecule has 2 rings (SSSR count). The molecular formula is C11H15ClFNO2. The SMILES string of the molecule is COc1cc(OCC2(N)CC2)ccc1F.Cl. The van der Waals surface area contributed by atoms with E-state index in [0.29, 0.717) is 12.4 Å². The summed E-state index contributed by atoms with van der Waals surface area (Å²) < 4.78 is 23.4. The van der Waals surface area contributed by atoms with E-state index >= 15 is 0 Å². The monoisotopic (exact) mass is 247 g/mol. The molecule has 0 heterocycles. The number of halogens is 2. The van der Waals surface area contributed by atoms with Gasteiger partial charge in [0.2, 0.25) is 0 Å². The number of ether oxygens (including phenoxy) is 2. The molecule has 0 saturated heterocycles. The Morgan fingerprint density at radius 1 is 1.44 bits per heavy atom. The summed E-state index contributed by atoms with van der Waals surface area (Å²) in [4.78, 5) is 0. The first kappa shape index (κ1) is 13.1. The predicted octanol–water partition coefficient (Wildman–Crippen LogP) is 2.13. The van der Waals surface area contributed by atoms with Gasteiger partial charge in [-0.05, 0) is 25.0 Å². The van der Waals surface area contributed by atoms with Crippen LogP contribution in [0, 0.1) is 5.82 Å². The van der Waals surface area contributed by atoms with Crippen molar-refractivity contribution in [2.24, 2.45) is 5.73 Å². The quantitative estimate of drug-likeness (QED) is 0.887. The van der Waals surface area contributed by atoms with E-state index in [9.17, 15) is 4.39 Å². The zero-order valence-corrected chi connectivity index (χ0v) is 9.85. The van der Waals surface area contributed by atoms with E-state index in [1.807, 2.05) is 0 Å².